The molecule has 1 N–H and O–H groups in total. The Morgan fingerprint density at radius 2 is 1.63 bits per heavy atom. The molecule has 1 rings (SSSR count). The van der Waals surface area contributed by atoms with E-state index >= 15 is 0 Å². The van der Waals surface area contributed by atoms with Gasteiger partial charge in [-0.1, -0.05) is 64.9 Å². The maximum absolute atomic E-state index is 12.0. The van der Waals surface area contributed by atoms with Crippen LogP contribution in [0.3, 0.4) is 0 Å². The average molecular weight is 443 g/mol. The van der Waals surface area contributed by atoms with E-state index in [-0.39, 0.29) is 24.8 Å². The van der Waals surface area contributed by atoms with Gasteiger partial charge < -0.3 is 24.0 Å². The highest BCUT2D eigenvalue weighted by Crippen LogP contribution is 2.40. The fraction of sp³-hybridized carbons (Fsp3) is 0.682. The Bertz CT molecular complexity index is 640. The lowest BCUT2D eigenvalue weighted by Gasteiger charge is -2.23. The summed E-state index contributed by atoms with van der Waals surface area (Å²) in [4.78, 5) is 23.7. The molecule has 0 radical (unpaired) electrons. The molecule has 0 aliphatic rings. The maximum Gasteiger partial charge on any atom is 0.319 e. The highest BCUT2D eigenvalue weighted by atomic mass is 31.2. The molecule has 0 heterocycles. The van der Waals surface area contributed by atoms with Gasteiger partial charge in [-0.05, 0) is 25.0 Å². The summed E-state index contributed by atoms with van der Waals surface area (Å²) in [6.07, 6.45) is 10.2. The Morgan fingerprint density at radius 3 is 2.37 bits per heavy atom. The summed E-state index contributed by atoms with van der Waals surface area (Å²) in [6.45, 7) is 4.81. The number of amides is 1. The lowest BCUT2D eigenvalue weighted by atomic mass is 10.1. The predicted molar refractivity (Wildman–Crippen MR) is 117 cm³/mol. The van der Waals surface area contributed by atoms with E-state index in [1.165, 1.54) is 25.0 Å². The first-order valence-corrected chi connectivity index (χ1v) is 12.6. The number of ether oxygens (including phenoxy) is 1. The van der Waals surface area contributed by atoms with Crippen LogP contribution in [0.25, 0.3) is 0 Å². The molecule has 1 unspecified atom stereocenters. The van der Waals surface area contributed by atoms with Crippen molar-refractivity contribution < 1.29 is 28.0 Å². The third-order valence-corrected chi connectivity index (χ3v) is 5.40. The zero-order valence-electron chi connectivity index (χ0n) is 18.4. The smallest absolute Gasteiger partial charge is 0.319 e. The molecular weight excluding hydrogens is 405 g/mol. The number of benzene rings is 1. The summed E-state index contributed by atoms with van der Waals surface area (Å²) in [6, 6.07) is 6.46. The van der Waals surface area contributed by atoms with Gasteiger partial charge in [0.25, 0.3) is 0 Å². The van der Waals surface area contributed by atoms with E-state index in [1.54, 1.807) is 12.1 Å². The van der Waals surface area contributed by atoms with E-state index in [1.807, 2.05) is 0 Å². The number of unbranched alkanes of at least 4 members (excludes halogenated alkanes) is 7. The second kappa shape index (κ2) is 16.2. The van der Waals surface area contributed by atoms with Crippen LogP contribution in [0, 0.1) is 0 Å². The molecule has 0 spiro atoms. The third kappa shape index (κ3) is 13.6. The Labute approximate surface area is 181 Å². The van der Waals surface area contributed by atoms with Crippen LogP contribution in [0.5, 0.6) is 11.5 Å². The van der Waals surface area contributed by atoms with Gasteiger partial charge in [0, 0.05) is 19.0 Å². The molecule has 0 aliphatic heterocycles. The van der Waals surface area contributed by atoms with E-state index in [0.29, 0.717) is 18.8 Å². The van der Waals surface area contributed by atoms with Gasteiger partial charge in [-0.15, -0.1) is 0 Å². The molecule has 1 aromatic rings. The first-order valence-electron chi connectivity index (χ1n) is 11.1. The van der Waals surface area contributed by atoms with Gasteiger partial charge >= 0.3 is 7.82 Å². The van der Waals surface area contributed by atoms with Crippen LogP contribution in [0.15, 0.2) is 24.3 Å². The molecule has 0 bridgehead atoms. The quantitative estimate of drug-likeness (QED) is 0.254. The van der Waals surface area contributed by atoms with Gasteiger partial charge in [0.2, 0.25) is 5.91 Å². The van der Waals surface area contributed by atoms with Crippen molar-refractivity contribution in [2.75, 3.05) is 19.8 Å². The topological polar surface area (TPSA) is 96.9 Å². The fourth-order valence-corrected chi connectivity index (χ4v) is 3.56. The average Bonchev–Trinajstić information content (AvgIpc) is 2.71. The van der Waals surface area contributed by atoms with Crippen molar-refractivity contribution >= 4 is 13.7 Å². The van der Waals surface area contributed by atoms with E-state index < -0.39 is 7.82 Å². The number of carbonyl (C=O) groups is 1. The van der Waals surface area contributed by atoms with Crippen molar-refractivity contribution in [1.29, 1.82) is 0 Å². The minimum absolute atomic E-state index is 0.0967. The molecule has 0 aromatic heterocycles. The van der Waals surface area contributed by atoms with Gasteiger partial charge in [0.1, 0.15) is 11.5 Å². The van der Waals surface area contributed by atoms with Crippen LogP contribution >= 0.6 is 7.82 Å². The Morgan fingerprint density at radius 1 is 0.967 bits per heavy atom. The van der Waals surface area contributed by atoms with E-state index in [9.17, 15) is 14.3 Å². The zero-order valence-corrected chi connectivity index (χ0v) is 19.3. The molecule has 172 valence electrons. The summed E-state index contributed by atoms with van der Waals surface area (Å²) in [5, 5.41) is 2.66. The van der Waals surface area contributed by atoms with E-state index in [4.69, 9.17) is 13.8 Å². The molecule has 7 nitrogen and oxygen atoms in total. The summed E-state index contributed by atoms with van der Waals surface area (Å²) in [5.41, 5.74) is 0. The second-order valence-electron chi connectivity index (χ2n) is 7.27. The normalized spacial score (nSPS) is 12.9. The summed E-state index contributed by atoms with van der Waals surface area (Å²) >= 11 is 0. The van der Waals surface area contributed by atoms with Crippen LogP contribution in [0.4, 0.5) is 0 Å². The highest BCUT2D eigenvalue weighted by molar-refractivity contribution is 7.46. The largest absolute Gasteiger partial charge is 0.746 e. The van der Waals surface area contributed by atoms with Gasteiger partial charge in [0.15, 0.2) is 0 Å². The van der Waals surface area contributed by atoms with Gasteiger partial charge in [-0.25, -0.2) is 0 Å². The summed E-state index contributed by atoms with van der Waals surface area (Å²) in [7, 11) is -4.53. The second-order valence-corrected chi connectivity index (χ2v) is 8.61. The van der Waals surface area contributed by atoms with Crippen LogP contribution < -0.4 is 19.5 Å². The van der Waals surface area contributed by atoms with E-state index in [0.717, 1.165) is 44.9 Å². The lowest BCUT2D eigenvalue weighted by molar-refractivity contribution is -0.216. The van der Waals surface area contributed by atoms with Crippen LogP contribution in [-0.2, 0) is 13.9 Å². The standard InChI is InChI=1S/C22H38NO6P/c1-3-5-7-9-10-15-22(24)23-16-18-28-30(25,26)29-21-14-12-13-20(19-21)27-17-11-8-6-4-2/h12-14,19H,3-11,15-18H2,1-2H3,(H,23,24)(H,25,26)/p-1. The van der Waals surface area contributed by atoms with Crippen molar-refractivity contribution in [3.63, 3.8) is 0 Å². The van der Waals surface area contributed by atoms with Crippen LogP contribution in [-0.4, -0.2) is 25.7 Å². The zero-order chi connectivity index (χ0) is 22.1. The van der Waals surface area contributed by atoms with Gasteiger partial charge in [-0.2, -0.15) is 0 Å². The number of nitrogens with one attached hydrogen (secondary N) is 1. The summed E-state index contributed by atoms with van der Waals surface area (Å²) in [5.74, 6) is 0.589. The number of phosphoric acid groups is 1. The molecule has 0 saturated heterocycles. The molecule has 8 heteroatoms. The number of hydrogen-bond acceptors (Lipinski definition) is 6. The molecule has 30 heavy (non-hydrogen) atoms. The van der Waals surface area contributed by atoms with Crippen LogP contribution in [0.1, 0.15) is 78.1 Å². The molecule has 0 fully saturated rings. The summed E-state index contributed by atoms with van der Waals surface area (Å²) < 4.78 is 27.4. The molecule has 1 atom stereocenters. The monoisotopic (exact) mass is 442 g/mol. The first-order chi connectivity index (χ1) is 14.5. The molecule has 1 amide bonds. The van der Waals surface area contributed by atoms with Crippen molar-refractivity contribution in [3.05, 3.63) is 24.3 Å². The fourth-order valence-electron chi connectivity index (χ4n) is 2.82. The Balaban J connectivity index is 2.25. The number of carbonyl (C=O) groups excluding carboxylic acids is 1. The maximum atomic E-state index is 12.0. The third-order valence-electron chi connectivity index (χ3n) is 4.47. The number of rotatable bonds is 18. The van der Waals surface area contributed by atoms with Crippen molar-refractivity contribution in [2.24, 2.45) is 0 Å². The van der Waals surface area contributed by atoms with Crippen molar-refractivity contribution in [1.82, 2.24) is 5.32 Å². The minimum atomic E-state index is -4.53. The molecule has 0 aliphatic carbocycles. The lowest BCUT2D eigenvalue weighted by Crippen LogP contribution is -2.27. The van der Waals surface area contributed by atoms with E-state index in [2.05, 4.69) is 19.2 Å². The van der Waals surface area contributed by atoms with Crippen molar-refractivity contribution in [2.45, 2.75) is 78.1 Å². The number of phosphoric ester groups is 1. The Kier molecular flexibility index (Phi) is 14.3. The Hall–Kier alpha value is -1.56. The molecule has 0 saturated carbocycles. The predicted octanol–water partition coefficient (Wildman–Crippen LogP) is 4.99. The highest BCUT2D eigenvalue weighted by Gasteiger charge is 2.12. The van der Waals surface area contributed by atoms with Gasteiger partial charge in [-0.3, -0.25) is 9.36 Å². The first kappa shape index (κ1) is 26.5. The van der Waals surface area contributed by atoms with Gasteiger partial charge in [0.05, 0.1) is 13.2 Å². The number of hydrogen-bond donors (Lipinski definition) is 1. The molecular formula is C22H37NO6P-. The molecule has 1 aromatic carbocycles. The van der Waals surface area contributed by atoms with Crippen molar-refractivity contribution in [3.8, 4) is 11.5 Å². The van der Waals surface area contributed by atoms with Crippen LogP contribution in [0.2, 0.25) is 0 Å². The SMILES string of the molecule is CCCCCCCC(=O)NCCOP(=O)([O-])Oc1cccc(OCCCCCC)c1. The minimum Gasteiger partial charge on any atom is -0.746 e.